The van der Waals surface area contributed by atoms with Crippen molar-refractivity contribution in [2.24, 2.45) is 5.92 Å². The smallest absolute Gasteiger partial charge is 0.161 e. The number of anilines is 2. The fraction of sp³-hybridized carbons (Fsp3) is 0.222. The molecule has 33 heavy (non-hydrogen) atoms. The maximum Gasteiger partial charge on any atom is 0.161 e. The van der Waals surface area contributed by atoms with E-state index in [1.165, 1.54) is 0 Å². The van der Waals surface area contributed by atoms with Crippen LogP contribution in [0.25, 0.3) is 0 Å². The molecule has 0 saturated heterocycles. The largest absolute Gasteiger partial charge is 0.508 e. The Morgan fingerprint density at radius 2 is 1.58 bits per heavy atom. The Kier molecular flexibility index (Phi) is 5.42. The standard InChI is InChI=1S/C27H26N2O4/c1-32-24-12-9-17(15-25(24)33-2)18-13-22-26(23(31)14-18)27(16-7-10-19(30)11-8-16)29-21-6-4-3-5-20(21)28-22/h3-13,15,18,26-30H,14H2,1-2H3. The van der Waals surface area contributed by atoms with Gasteiger partial charge in [-0.3, -0.25) is 4.79 Å². The van der Waals surface area contributed by atoms with Crippen LogP contribution in [0.4, 0.5) is 11.4 Å². The summed E-state index contributed by atoms with van der Waals surface area (Å²) < 4.78 is 10.8. The molecule has 0 fully saturated rings. The molecule has 6 heteroatoms. The van der Waals surface area contributed by atoms with Crippen LogP contribution in [0, 0.1) is 5.92 Å². The van der Waals surface area contributed by atoms with Crippen molar-refractivity contribution in [3.63, 3.8) is 0 Å². The Morgan fingerprint density at radius 3 is 2.30 bits per heavy atom. The Balaban J connectivity index is 1.59. The van der Waals surface area contributed by atoms with Gasteiger partial charge in [-0.25, -0.2) is 0 Å². The summed E-state index contributed by atoms with van der Waals surface area (Å²) in [5.41, 5.74) is 4.68. The summed E-state index contributed by atoms with van der Waals surface area (Å²) in [6, 6.07) is 20.5. The number of hydrogen-bond acceptors (Lipinski definition) is 6. The molecule has 3 aromatic rings. The predicted molar refractivity (Wildman–Crippen MR) is 128 cm³/mol. The summed E-state index contributed by atoms with van der Waals surface area (Å²) in [6.45, 7) is 0. The molecule has 0 bridgehead atoms. The fourth-order valence-electron chi connectivity index (χ4n) is 4.76. The van der Waals surface area contributed by atoms with Crippen LogP contribution in [0.15, 0.2) is 78.5 Å². The van der Waals surface area contributed by atoms with Gasteiger partial charge < -0.3 is 25.2 Å². The van der Waals surface area contributed by atoms with E-state index in [9.17, 15) is 9.90 Å². The van der Waals surface area contributed by atoms with Gasteiger partial charge in [0.05, 0.1) is 37.6 Å². The maximum atomic E-state index is 13.6. The molecule has 3 unspecified atom stereocenters. The van der Waals surface area contributed by atoms with Crippen LogP contribution in [0.2, 0.25) is 0 Å². The van der Waals surface area contributed by atoms with E-state index in [1.807, 2.05) is 54.6 Å². The van der Waals surface area contributed by atoms with Gasteiger partial charge in [-0.15, -0.1) is 0 Å². The van der Waals surface area contributed by atoms with Crippen molar-refractivity contribution in [2.75, 3.05) is 24.9 Å². The second kappa shape index (κ2) is 8.54. The molecule has 1 aliphatic heterocycles. The number of phenols is 1. The minimum absolute atomic E-state index is 0.0817. The van der Waals surface area contributed by atoms with Crippen LogP contribution >= 0.6 is 0 Å². The molecule has 3 aromatic carbocycles. The normalized spacial score (nSPS) is 21.5. The van der Waals surface area contributed by atoms with Crippen LogP contribution in [-0.2, 0) is 4.79 Å². The Morgan fingerprint density at radius 1 is 0.879 bits per heavy atom. The number of para-hydroxylation sites is 2. The number of fused-ring (bicyclic) bond motifs is 2. The molecule has 2 aliphatic rings. The number of nitrogens with one attached hydrogen (secondary N) is 2. The molecule has 1 heterocycles. The predicted octanol–water partition coefficient (Wildman–Crippen LogP) is 5.24. The van der Waals surface area contributed by atoms with Gasteiger partial charge in [0.15, 0.2) is 11.5 Å². The van der Waals surface area contributed by atoms with E-state index in [-0.39, 0.29) is 29.4 Å². The van der Waals surface area contributed by atoms with E-state index >= 15 is 0 Å². The van der Waals surface area contributed by atoms with E-state index in [0.29, 0.717) is 17.9 Å². The molecular weight excluding hydrogens is 416 g/mol. The van der Waals surface area contributed by atoms with Gasteiger partial charge in [0.25, 0.3) is 0 Å². The number of phenolic OH excluding ortho intramolecular Hbond substituents is 1. The van der Waals surface area contributed by atoms with Gasteiger partial charge in [-0.2, -0.15) is 0 Å². The third-order valence-corrected chi connectivity index (χ3v) is 6.42. The number of benzene rings is 3. The average molecular weight is 443 g/mol. The SMILES string of the molecule is COc1ccc(C2C=C3Nc4ccccc4NC(c4ccc(O)cc4)C3C(=O)C2)cc1OC. The minimum atomic E-state index is -0.377. The molecular formula is C27H26N2O4. The summed E-state index contributed by atoms with van der Waals surface area (Å²) >= 11 is 0. The first kappa shape index (κ1) is 20.9. The first-order valence-corrected chi connectivity index (χ1v) is 10.9. The van der Waals surface area contributed by atoms with Gasteiger partial charge in [-0.05, 0) is 47.5 Å². The lowest BCUT2D eigenvalue weighted by Gasteiger charge is -2.32. The lowest BCUT2D eigenvalue weighted by atomic mass is 9.76. The second-order valence-corrected chi connectivity index (χ2v) is 8.38. The molecule has 0 saturated carbocycles. The van der Waals surface area contributed by atoms with Crippen LogP contribution in [0.5, 0.6) is 17.2 Å². The number of rotatable bonds is 4. The van der Waals surface area contributed by atoms with E-state index in [4.69, 9.17) is 9.47 Å². The highest BCUT2D eigenvalue weighted by Crippen LogP contribution is 2.45. The lowest BCUT2D eigenvalue weighted by molar-refractivity contribution is -0.122. The second-order valence-electron chi connectivity index (χ2n) is 8.38. The van der Waals surface area contributed by atoms with Crippen molar-refractivity contribution in [2.45, 2.75) is 18.4 Å². The molecule has 0 amide bonds. The van der Waals surface area contributed by atoms with Gasteiger partial charge >= 0.3 is 0 Å². The Hall–Kier alpha value is -3.93. The summed E-state index contributed by atoms with van der Waals surface area (Å²) in [5, 5.41) is 16.9. The number of ketones is 1. The van der Waals surface area contributed by atoms with Crippen molar-refractivity contribution >= 4 is 17.2 Å². The van der Waals surface area contributed by atoms with Crippen LogP contribution in [0.1, 0.15) is 29.5 Å². The molecule has 1 aliphatic carbocycles. The Bertz CT molecular complexity index is 1220. The van der Waals surface area contributed by atoms with Crippen molar-refractivity contribution in [1.29, 1.82) is 0 Å². The molecule has 0 aromatic heterocycles. The van der Waals surface area contributed by atoms with Gasteiger partial charge in [0, 0.05) is 18.0 Å². The first-order chi connectivity index (χ1) is 16.1. The minimum Gasteiger partial charge on any atom is -0.508 e. The highest BCUT2D eigenvalue weighted by atomic mass is 16.5. The van der Waals surface area contributed by atoms with Crippen molar-refractivity contribution in [3.05, 3.63) is 89.6 Å². The van der Waals surface area contributed by atoms with Crippen LogP contribution in [-0.4, -0.2) is 25.1 Å². The summed E-state index contributed by atoms with van der Waals surface area (Å²) in [5.74, 6) is 1.20. The molecule has 5 rings (SSSR count). The number of methoxy groups -OCH3 is 2. The van der Waals surface area contributed by atoms with Crippen LogP contribution in [0.3, 0.4) is 0 Å². The monoisotopic (exact) mass is 442 g/mol. The molecule has 0 radical (unpaired) electrons. The lowest BCUT2D eigenvalue weighted by Crippen LogP contribution is -2.33. The van der Waals surface area contributed by atoms with Crippen molar-refractivity contribution in [1.82, 2.24) is 0 Å². The number of allylic oxidation sites excluding steroid dienone is 1. The maximum absolute atomic E-state index is 13.6. The summed E-state index contributed by atoms with van der Waals surface area (Å²) in [4.78, 5) is 13.6. The van der Waals surface area contributed by atoms with Gasteiger partial charge in [-0.1, -0.05) is 36.4 Å². The molecule has 3 atom stereocenters. The third kappa shape index (κ3) is 3.89. The zero-order valence-corrected chi connectivity index (χ0v) is 18.5. The number of aromatic hydroxyl groups is 1. The summed E-state index contributed by atoms with van der Waals surface area (Å²) in [6.07, 6.45) is 2.54. The Labute approximate surface area is 192 Å². The molecule has 3 N–H and O–H groups in total. The number of carbonyl (C=O) groups excluding carboxylic acids is 1. The van der Waals surface area contributed by atoms with Gasteiger partial charge in [0.2, 0.25) is 0 Å². The van der Waals surface area contributed by atoms with Gasteiger partial charge in [0.1, 0.15) is 11.5 Å². The van der Waals surface area contributed by atoms with E-state index < -0.39 is 0 Å². The number of Topliss-reactive ketones (excluding diaryl/α,β-unsaturated/α-hetero) is 1. The molecule has 6 nitrogen and oxygen atoms in total. The molecule has 168 valence electrons. The van der Waals surface area contributed by atoms with E-state index in [1.54, 1.807) is 26.4 Å². The van der Waals surface area contributed by atoms with Crippen molar-refractivity contribution < 1.29 is 19.4 Å². The fourth-order valence-corrected chi connectivity index (χ4v) is 4.76. The average Bonchev–Trinajstić information content (AvgIpc) is 3.01. The molecule has 0 spiro atoms. The highest BCUT2D eigenvalue weighted by molar-refractivity contribution is 5.90. The van der Waals surface area contributed by atoms with E-state index in [0.717, 1.165) is 28.2 Å². The topological polar surface area (TPSA) is 79.8 Å². The summed E-state index contributed by atoms with van der Waals surface area (Å²) in [7, 11) is 3.22. The van der Waals surface area contributed by atoms with Crippen molar-refractivity contribution in [3.8, 4) is 17.2 Å². The highest BCUT2D eigenvalue weighted by Gasteiger charge is 2.39. The third-order valence-electron chi connectivity index (χ3n) is 6.42. The number of ether oxygens (including phenoxy) is 2. The quantitative estimate of drug-likeness (QED) is 0.513. The first-order valence-electron chi connectivity index (χ1n) is 10.9. The number of hydrogen-bond donors (Lipinski definition) is 3. The van der Waals surface area contributed by atoms with E-state index in [2.05, 4.69) is 16.7 Å². The zero-order valence-electron chi connectivity index (χ0n) is 18.5. The number of carbonyl (C=O) groups is 1. The van der Waals surface area contributed by atoms with Crippen LogP contribution < -0.4 is 20.1 Å². The zero-order chi connectivity index (χ0) is 22.9.